The van der Waals surface area contributed by atoms with Crippen molar-refractivity contribution in [3.8, 4) is 0 Å². The van der Waals surface area contributed by atoms with Gasteiger partial charge in [-0.05, 0) is 79.7 Å². The van der Waals surface area contributed by atoms with E-state index in [0.717, 1.165) is 38.2 Å². The summed E-state index contributed by atoms with van der Waals surface area (Å²) in [6.07, 6.45) is 4.68. The zero-order valence-electron chi connectivity index (χ0n) is 25.1. The summed E-state index contributed by atoms with van der Waals surface area (Å²) in [5, 5.41) is 9.25. The molecule has 6 aromatic carbocycles. The van der Waals surface area contributed by atoms with E-state index in [1.165, 1.54) is 21.5 Å². The minimum atomic E-state index is -1.01. The van der Waals surface area contributed by atoms with Crippen molar-refractivity contribution in [1.29, 1.82) is 0 Å². The van der Waals surface area contributed by atoms with Crippen molar-refractivity contribution in [2.75, 3.05) is 18.1 Å². The second-order valence-electron chi connectivity index (χ2n) is 12.1. The summed E-state index contributed by atoms with van der Waals surface area (Å²) in [5.74, 6) is 0.610. The standard InChI is InChI=1S/C41H32O3S/c1-2-44-40(43)38-20-19-37(36-23-27-12-4-6-14-31(27)34-17-9-10-18-35(34)36)41(38)25-45-24-29(39(41)42)22-28-21-26-11-3-5-13-30(26)33-16-8-7-15-32(28)33/h3-18,20-23,37H,2,19,24-25H2,1H3/b29-22+/t37-,41+/m1/s1. The van der Waals surface area contributed by atoms with Crippen LogP contribution in [0.4, 0.5) is 0 Å². The van der Waals surface area contributed by atoms with Gasteiger partial charge in [-0.25, -0.2) is 4.79 Å². The predicted molar refractivity (Wildman–Crippen MR) is 188 cm³/mol. The molecule has 2 atom stereocenters. The molecule has 0 unspecified atom stereocenters. The maximum absolute atomic E-state index is 15.1. The van der Waals surface area contributed by atoms with E-state index in [4.69, 9.17) is 4.74 Å². The summed E-state index contributed by atoms with van der Waals surface area (Å²) < 4.78 is 5.61. The number of benzene rings is 6. The van der Waals surface area contributed by atoms with E-state index < -0.39 is 5.41 Å². The maximum atomic E-state index is 15.1. The lowest BCUT2D eigenvalue weighted by Gasteiger charge is -2.40. The van der Waals surface area contributed by atoms with Gasteiger partial charge in [-0.15, -0.1) is 0 Å². The number of Topliss-reactive ketones (excluding diaryl/α,β-unsaturated/α-hetero) is 1. The number of ether oxygens (including phenoxy) is 1. The molecule has 45 heavy (non-hydrogen) atoms. The molecule has 2 aliphatic rings. The molecule has 4 heteroatoms. The molecular formula is C41H32O3S. The fourth-order valence-electron chi connectivity index (χ4n) is 7.74. The Kier molecular flexibility index (Phi) is 6.84. The number of fused-ring (bicyclic) bond motifs is 6. The van der Waals surface area contributed by atoms with E-state index in [9.17, 15) is 4.79 Å². The monoisotopic (exact) mass is 604 g/mol. The molecule has 1 aliphatic carbocycles. The van der Waals surface area contributed by atoms with Gasteiger partial charge >= 0.3 is 5.97 Å². The Morgan fingerprint density at radius 2 is 1.38 bits per heavy atom. The quantitative estimate of drug-likeness (QED) is 0.114. The van der Waals surface area contributed by atoms with Gasteiger partial charge in [-0.3, -0.25) is 4.79 Å². The van der Waals surface area contributed by atoms with Crippen LogP contribution in [0.3, 0.4) is 0 Å². The second-order valence-corrected chi connectivity index (χ2v) is 13.0. The van der Waals surface area contributed by atoms with Crippen molar-refractivity contribution >= 4 is 72.7 Å². The van der Waals surface area contributed by atoms with Gasteiger partial charge in [0, 0.05) is 28.6 Å². The molecular weight excluding hydrogens is 573 g/mol. The summed E-state index contributed by atoms with van der Waals surface area (Å²) in [6, 6.07) is 38.1. The summed E-state index contributed by atoms with van der Waals surface area (Å²) in [5.41, 5.74) is 2.39. The largest absolute Gasteiger partial charge is 0.463 e. The van der Waals surface area contributed by atoms with Gasteiger partial charge in [0.05, 0.1) is 12.0 Å². The number of ketones is 1. The molecule has 0 radical (unpaired) electrons. The van der Waals surface area contributed by atoms with Crippen LogP contribution >= 0.6 is 11.8 Å². The van der Waals surface area contributed by atoms with Gasteiger partial charge in [0.25, 0.3) is 0 Å². The zero-order valence-corrected chi connectivity index (χ0v) is 25.9. The second kappa shape index (κ2) is 11.0. The third kappa shape index (κ3) is 4.34. The van der Waals surface area contributed by atoms with E-state index >= 15 is 4.79 Å². The first kappa shape index (κ1) is 27.8. The molecule has 0 bridgehead atoms. The zero-order chi connectivity index (χ0) is 30.5. The fraction of sp³-hybridized carbons (Fsp3) is 0.171. The number of thioether (sulfide) groups is 1. The summed E-state index contributed by atoms with van der Waals surface area (Å²) in [7, 11) is 0. The number of allylic oxidation sites excluding steroid dienone is 1. The minimum Gasteiger partial charge on any atom is -0.463 e. The highest BCUT2D eigenvalue weighted by Gasteiger charge is 2.56. The maximum Gasteiger partial charge on any atom is 0.334 e. The Bertz CT molecular complexity index is 2240. The van der Waals surface area contributed by atoms with Crippen molar-refractivity contribution in [3.63, 3.8) is 0 Å². The molecule has 6 aromatic rings. The molecule has 0 N–H and O–H groups in total. The first-order valence-electron chi connectivity index (χ1n) is 15.6. The van der Waals surface area contributed by atoms with Crippen molar-refractivity contribution in [3.05, 3.63) is 138 Å². The number of esters is 1. The van der Waals surface area contributed by atoms with E-state index in [1.807, 2.05) is 13.0 Å². The predicted octanol–water partition coefficient (Wildman–Crippen LogP) is 9.66. The topological polar surface area (TPSA) is 43.4 Å². The highest BCUT2D eigenvalue weighted by Crippen LogP contribution is 2.57. The van der Waals surface area contributed by atoms with Crippen molar-refractivity contribution < 1.29 is 14.3 Å². The number of carbonyl (C=O) groups is 2. The van der Waals surface area contributed by atoms with E-state index in [1.54, 1.807) is 11.8 Å². The van der Waals surface area contributed by atoms with Crippen LogP contribution in [-0.4, -0.2) is 29.9 Å². The Balaban J connectivity index is 1.33. The van der Waals surface area contributed by atoms with Crippen LogP contribution in [0.5, 0.6) is 0 Å². The van der Waals surface area contributed by atoms with Gasteiger partial charge < -0.3 is 4.74 Å². The van der Waals surface area contributed by atoms with E-state index in [-0.39, 0.29) is 24.3 Å². The highest BCUT2D eigenvalue weighted by molar-refractivity contribution is 7.99. The van der Waals surface area contributed by atoms with Crippen LogP contribution in [0.1, 0.15) is 30.4 Å². The summed E-state index contributed by atoms with van der Waals surface area (Å²) in [6.45, 7) is 2.09. The van der Waals surface area contributed by atoms with E-state index in [2.05, 4.69) is 115 Å². The van der Waals surface area contributed by atoms with Gasteiger partial charge in [-0.2, -0.15) is 11.8 Å². The number of carbonyl (C=O) groups excluding carboxylic acids is 2. The molecule has 1 aliphatic heterocycles. The minimum absolute atomic E-state index is 0.0394. The Morgan fingerprint density at radius 3 is 2.07 bits per heavy atom. The molecule has 0 aromatic heterocycles. The van der Waals surface area contributed by atoms with Crippen molar-refractivity contribution in [2.24, 2.45) is 5.41 Å². The molecule has 8 rings (SSSR count). The SMILES string of the molecule is CCOC(=O)C1=CC[C@H](c2cc3ccccc3c3ccccc23)[C@@]12CSC/C(=C\c1cc3ccccc3c3ccccc13)C2=O. The van der Waals surface area contributed by atoms with Gasteiger partial charge in [0.1, 0.15) is 0 Å². The van der Waals surface area contributed by atoms with Gasteiger partial charge in [-0.1, -0.05) is 109 Å². The smallest absolute Gasteiger partial charge is 0.334 e. The van der Waals surface area contributed by atoms with Crippen LogP contribution in [0.15, 0.2) is 126 Å². The Labute approximate surface area is 266 Å². The van der Waals surface area contributed by atoms with Crippen LogP contribution in [-0.2, 0) is 14.3 Å². The molecule has 1 fully saturated rings. The lowest BCUT2D eigenvalue weighted by atomic mass is 9.66. The molecule has 0 amide bonds. The highest BCUT2D eigenvalue weighted by atomic mass is 32.2. The molecule has 1 saturated heterocycles. The van der Waals surface area contributed by atoms with Gasteiger partial charge in [0.15, 0.2) is 5.78 Å². The molecule has 1 spiro atoms. The average molecular weight is 605 g/mol. The first-order valence-corrected chi connectivity index (χ1v) is 16.8. The third-order valence-electron chi connectivity index (χ3n) is 9.72. The Hall–Kier alpha value is -4.67. The lowest BCUT2D eigenvalue weighted by Crippen LogP contribution is -2.45. The van der Waals surface area contributed by atoms with Gasteiger partial charge in [0.2, 0.25) is 0 Å². The summed E-state index contributed by atoms with van der Waals surface area (Å²) in [4.78, 5) is 28.8. The first-order chi connectivity index (χ1) is 22.1. The number of rotatable bonds is 4. The summed E-state index contributed by atoms with van der Waals surface area (Å²) >= 11 is 1.74. The average Bonchev–Trinajstić information content (AvgIpc) is 3.46. The van der Waals surface area contributed by atoms with Crippen LogP contribution < -0.4 is 0 Å². The van der Waals surface area contributed by atoms with Crippen molar-refractivity contribution in [1.82, 2.24) is 0 Å². The number of hydrogen-bond donors (Lipinski definition) is 0. The van der Waals surface area contributed by atoms with Crippen LogP contribution in [0.2, 0.25) is 0 Å². The Morgan fingerprint density at radius 1 is 0.800 bits per heavy atom. The van der Waals surface area contributed by atoms with Crippen LogP contribution in [0, 0.1) is 5.41 Å². The van der Waals surface area contributed by atoms with E-state index in [0.29, 0.717) is 23.5 Å². The molecule has 0 saturated carbocycles. The van der Waals surface area contributed by atoms with Crippen molar-refractivity contribution in [2.45, 2.75) is 19.3 Å². The normalized spacial score (nSPS) is 20.9. The molecule has 220 valence electrons. The lowest BCUT2D eigenvalue weighted by molar-refractivity contribution is -0.141. The number of hydrogen-bond acceptors (Lipinski definition) is 4. The third-order valence-corrected chi connectivity index (χ3v) is 10.9. The molecule has 1 heterocycles. The van der Waals surface area contributed by atoms with Crippen LogP contribution in [0.25, 0.3) is 49.2 Å². The fourth-order valence-corrected chi connectivity index (χ4v) is 9.09. The molecule has 3 nitrogen and oxygen atoms in total.